The molecule has 2 aliphatic rings. The minimum absolute atomic E-state index is 0.107. The van der Waals surface area contributed by atoms with Crippen LogP contribution in [0.1, 0.15) is 77.0 Å². The Balaban J connectivity index is 1.73. The van der Waals surface area contributed by atoms with Gasteiger partial charge in [-0.2, -0.15) is 0 Å². The maximum Gasteiger partial charge on any atom is 0.326 e. The van der Waals surface area contributed by atoms with E-state index in [1.54, 1.807) is 13.3 Å². The lowest BCUT2D eigenvalue weighted by Crippen LogP contribution is -2.59. The number of amides is 2. The highest BCUT2D eigenvalue weighted by molar-refractivity contribution is 8.01. The summed E-state index contributed by atoms with van der Waals surface area (Å²) < 4.78 is 6.97. The van der Waals surface area contributed by atoms with E-state index in [0.717, 1.165) is 55.6 Å². The Bertz CT molecular complexity index is 698. The quantitative estimate of drug-likeness (QED) is 0.302. The van der Waals surface area contributed by atoms with E-state index in [-0.39, 0.29) is 18.5 Å². The zero-order chi connectivity index (χ0) is 21.4. The molecule has 0 aliphatic heterocycles. The van der Waals surface area contributed by atoms with Crippen LogP contribution < -0.4 is 5.32 Å². The Morgan fingerprint density at radius 1 is 1.23 bits per heavy atom. The molecule has 2 aliphatic carbocycles. The molecule has 0 spiro atoms. The van der Waals surface area contributed by atoms with Crippen LogP contribution in [-0.2, 0) is 9.53 Å². The molecule has 2 amide bonds. The van der Waals surface area contributed by atoms with Crippen molar-refractivity contribution in [2.45, 2.75) is 93.0 Å². The zero-order valence-corrected chi connectivity index (χ0v) is 19.4. The summed E-state index contributed by atoms with van der Waals surface area (Å²) in [7, 11) is 1.74. The smallest absolute Gasteiger partial charge is 0.326 e. The molecule has 168 valence electrons. The zero-order valence-electron chi connectivity index (χ0n) is 17.7. The number of hydrogen-bond donors (Lipinski definition) is 2. The fourth-order valence-corrected chi connectivity index (χ4v) is 6.49. The van der Waals surface area contributed by atoms with Crippen LogP contribution >= 0.6 is 23.1 Å². The Kier molecular flexibility index (Phi) is 8.83. The average Bonchev–Trinajstić information content (AvgIpc) is 3.00. The number of carbonyl (C=O) groups excluding carboxylic acids is 1. The van der Waals surface area contributed by atoms with E-state index in [4.69, 9.17) is 9.84 Å². The molecule has 7 nitrogen and oxygen atoms in total. The average molecular weight is 456 g/mol. The number of anilines is 1. The Labute approximate surface area is 187 Å². The number of urea groups is 1. The molecule has 9 heteroatoms. The van der Waals surface area contributed by atoms with Crippen LogP contribution in [0, 0.1) is 0 Å². The lowest BCUT2D eigenvalue weighted by Gasteiger charge is -2.48. The Hall–Kier alpha value is -1.32. The number of carboxylic acid groups (broad SMARTS) is 1. The lowest BCUT2D eigenvalue weighted by molar-refractivity contribution is -0.148. The molecule has 0 unspecified atom stereocenters. The molecule has 2 fully saturated rings. The van der Waals surface area contributed by atoms with Gasteiger partial charge >= 0.3 is 12.0 Å². The number of hydrogen-bond acceptors (Lipinski definition) is 6. The van der Waals surface area contributed by atoms with E-state index in [0.29, 0.717) is 10.9 Å². The van der Waals surface area contributed by atoms with Crippen LogP contribution in [0.15, 0.2) is 10.4 Å². The fraction of sp³-hybridized carbons (Fsp3) is 0.762. The van der Waals surface area contributed by atoms with Gasteiger partial charge in [0, 0.05) is 18.9 Å². The first kappa shape index (κ1) is 23.3. The van der Waals surface area contributed by atoms with Gasteiger partial charge in [-0.15, -0.1) is 11.8 Å². The van der Waals surface area contributed by atoms with Gasteiger partial charge in [0.2, 0.25) is 0 Å². The van der Waals surface area contributed by atoms with Crippen molar-refractivity contribution < 1.29 is 19.4 Å². The number of carbonyl (C=O) groups is 2. The molecular weight excluding hydrogens is 422 g/mol. The van der Waals surface area contributed by atoms with E-state index in [1.807, 2.05) is 4.90 Å². The lowest BCUT2D eigenvalue weighted by atomic mass is 9.88. The summed E-state index contributed by atoms with van der Waals surface area (Å²) >= 11 is 2.85. The summed E-state index contributed by atoms with van der Waals surface area (Å²) in [5.74, 6) is -0.316. The van der Waals surface area contributed by atoms with Gasteiger partial charge < -0.3 is 9.84 Å². The van der Waals surface area contributed by atoms with Crippen molar-refractivity contribution in [3.63, 3.8) is 0 Å². The molecule has 0 radical (unpaired) electrons. The number of nitrogens with one attached hydrogen (secondary N) is 1. The first-order valence-electron chi connectivity index (χ1n) is 11.0. The molecular formula is C21H33N3O4S2. The van der Waals surface area contributed by atoms with Gasteiger partial charge in [-0.3, -0.25) is 15.0 Å². The summed E-state index contributed by atoms with van der Waals surface area (Å²) in [4.78, 5) is 30.6. The Morgan fingerprint density at radius 2 is 1.90 bits per heavy atom. The number of thioether (sulfide) groups is 1. The molecule has 1 heterocycles. The van der Waals surface area contributed by atoms with Crippen molar-refractivity contribution in [1.82, 2.24) is 9.88 Å². The molecule has 3 rings (SSSR count). The van der Waals surface area contributed by atoms with Gasteiger partial charge in [-0.1, -0.05) is 43.4 Å². The second-order valence-electron chi connectivity index (χ2n) is 8.13. The predicted molar refractivity (Wildman–Crippen MR) is 120 cm³/mol. The van der Waals surface area contributed by atoms with Crippen LogP contribution in [0.4, 0.5) is 9.93 Å². The van der Waals surface area contributed by atoms with Crippen molar-refractivity contribution >= 4 is 40.2 Å². The monoisotopic (exact) mass is 455 g/mol. The van der Waals surface area contributed by atoms with Gasteiger partial charge in [-0.05, 0) is 38.5 Å². The summed E-state index contributed by atoms with van der Waals surface area (Å²) in [5.41, 5.74) is -0.534. The number of rotatable bonds is 8. The van der Waals surface area contributed by atoms with Crippen LogP contribution in [-0.4, -0.2) is 51.6 Å². The van der Waals surface area contributed by atoms with E-state index in [2.05, 4.69) is 10.3 Å². The highest BCUT2D eigenvalue weighted by Gasteiger charge is 2.44. The SMILES string of the molecule is COC1(N(C(=O)Nc2ncc(SCCC(=O)O)s2)C2CCCCCC2)CCCCC1. The Morgan fingerprint density at radius 3 is 2.53 bits per heavy atom. The highest BCUT2D eigenvalue weighted by atomic mass is 32.2. The third-order valence-electron chi connectivity index (χ3n) is 6.12. The van der Waals surface area contributed by atoms with Crippen LogP contribution in [0.5, 0.6) is 0 Å². The third kappa shape index (κ3) is 6.11. The first-order chi connectivity index (χ1) is 14.5. The summed E-state index contributed by atoms with van der Waals surface area (Å²) in [6.07, 6.45) is 13.7. The van der Waals surface area contributed by atoms with Crippen LogP contribution in [0.25, 0.3) is 0 Å². The summed E-state index contributed by atoms with van der Waals surface area (Å²) in [6.45, 7) is 0. The van der Waals surface area contributed by atoms with Crippen molar-refractivity contribution in [2.75, 3.05) is 18.2 Å². The van der Waals surface area contributed by atoms with E-state index in [9.17, 15) is 9.59 Å². The van der Waals surface area contributed by atoms with Crippen molar-refractivity contribution in [3.05, 3.63) is 6.20 Å². The second-order valence-corrected chi connectivity index (χ2v) is 10.6. The molecule has 2 saturated carbocycles. The van der Waals surface area contributed by atoms with Gasteiger partial charge in [0.05, 0.1) is 16.8 Å². The third-order valence-corrected chi connectivity index (χ3v) is 8.23. The van der Waals surface area contributed by atoms with Gasteiger partial charge in [0.1, 0.15) is 5.72 Å². The normalized spacial score (nSPS) is 19.8. The second kappa shape index (κ2) is 11.3. The topological polar surface area (TPSA) is 91.8 Å². The highest BCUT2D eigenvalue weighted by Crippen LogP contribution is 2.39. The van der Waals surface area contributed by atoms with E-state index >= 15 is 0 Å². The predicted octanol–water partition coefficient (Wildman–Crippen LogP) is 5.57. The fourth-order valence-electron chi connectivity index (χ4n) is 4.62. The minimum atomic E-state index is -0.808. The molecule has 0 bridgehead atoms. The van der Waals surface area contributed by atoms with Crippen molar-refractivity contribution in [1.29, 1.82) is 0 Å². The number of aliphatic carboxylic acids is 1. The summed E-state index contributed by atoms with van der Waals surface area (Å²) in [5, 5.41) is 12.4. The summed E-state index contributed by atoms with van der Waals surface area (Å²) in [6, 6.07) is 0.0667. The number of ether oxygens (including phenoxy) is 1. The van der Waals surface area contributed by atoms with E-state index < -0.39 is 11.7 Å². The molecule has 0 atom stereocenters. The largest absolute Gasteiger partial charge is 0.481 e. The number of aromatic nitrogens is 1. The maximum atomic E-state index is 13.5. The van der Waals surface area contributed by atoms with E-state index in [1.165, 1.54) is 42.4 Å². The number of thiazole rings is 1. The first-order valence-corrected chi connectivity index (χ1v) is 12.8. The number of methoxy groups -OCH3 is 1. The molecule has 0 saturated heterocycles. The van der Waals surface area contributed by atoms with Gasteiger partial charge in [-0.25, -0.2) is 9.78 Å². The maximum absolute atomic E-state index is 13.5. The van der Waals surface area contributed by atoms with Crippen LogP contribution in [0.3, 0.4) is 0 Å². The molecule has 1 aromatic rings. The molecule has 0 aromatic carbocycles. The standard InChI is InChI=1S/C21H33N3O4S2/c1-28-21(12-7-4-8-13-21)24(16-9-5-2-3-6-10-16)20(27)23-19-22-15-18(30-19)29-14-11-17(25)26/h15-16H,2-14H2,1H3,(H,25,26)(H,22,23,27). The molecule has 30 heavy (non-hydrogen) atoms. The van der Waals surface area contributed by atoms with Crippen molar-refractivity contribution in [3.8, 4) is 0 Å². The number of nitrogens with zero attached hydrogens (tertiary/aromatic N) is 2. The van der Waals surface area contributed by atoms with Crippen molar-refractivity contribution in [2.24, 2.45) is 0 Å². The van der Waals surface area contributed by atoms with Crippen LogP contribution in [0.2, 0.25) is 0 Å². The number of carboxylic acids is 1. The van der Waals surface area contributed by atoms with Gasteiger partial charge in [0.25, 0.3) is 0 Å². The van der Waals surface area contributed by atoms with Gasteiger partial charge in [0.15, 0.2) is 5.13 Å². The molecule has 1 aromatic heterocycles. The minimum Gasteiger partial charge on any atom is -0.481 e. The molecule has 2 N–H and O–H groups in total.